The predicted octanol–water partition coefficient (Wildman–Crippen LogP) is 2.98. The molecule has 3 rings (SSSR count). The van der Waals surface area contributed by atoms with Gasteiger partial charge in [0.2, 0.25) is 0 Å². The van der Waals surface area contributed by atoms with Crippen molar-refractivity contribution in [2.45, 2.75) is 31.6 Å². The Hall–Kier alpha value is -1.36. The predicted molar refractivity (Wildman–Crippen MR) is 73.1 cm³/mol. The van der Waals surface area contributed by atoms with Gasteiger partial charge in [0, 0.05) is 18.3 Å². The van der Waals surface area contributed by atoms with Crippen LogP contribution >= 0.6 is 15.9 Å². The molecule has 2 heterocycles. The van der Waals surface area contributed by atoms with E-state index < -0.39 is 0 Å². The molecule has 18 heavy (non-hydrogen) atoms. The van der Waals surface area contributed by atoms with Gasteiger partial charge in [0.1, 0.15) is 4.47 Å². The standard InChI is InChI=1S/C13H14BrN3O/c14-11-12(9-3-1-2-4-9)16-17(13(11)18)10-5-7-15-8-6-10/h5-9,16H,1-4H2. The third-order valence-corrected chi connectivity index (χ3v) is 4.31. The average molecular weight is 308 g/mol. The number of aromatic nitrogens is 3. The molecule has 2 aromatic heterocycles. The Labute approximate surface area is 113 Å². The summed E-state index contributed by atoms with van der Waals surface area (Å²) in [5.74, 6) is 0.482. The molecule has 2 aromatic rings. The largest absolute Gasteiger partial charge is 0.294 e. The van der Waals surface area contributed by atoms with Gasteiger partial charge in [-0.1, -0.05) is 12.8 Å². The van der Waals surface area contributed by atoms with Crippen molar-refractivity contribution in [3.8, 4) is 5.69 Å². The van der Waals surface area contributed by atoms with Crippen LogP contribution in [-0.4, -0.2) is 14.8 Å². The molecule has 1 saturated carbocycles. The fourth-order valence-corrected chi connectivity index (χ4v) is 3.18. The second-order valence-electron chi connectivity index (χ2n) is 4.67. The molecule has 1 fully saturated rings. The maximum Gasteiger partial charge on any atom is 0.285 e. The van der Waals surface area contributed by atoms with Crippen molar-refractivity contribution in [1.29, 1.82) is 0 Å². The molecule has 0 atom stereocenters. The third-order valence-electron chi connectivity index (χ3n) is 3.54. The topological polar surface area (TPSA) is 50.7 Å². The smallest absolute Gasteiger partial charge is 0.285 e. The van der Waals surface area contributed by atoms with Gasteiger partial charge >= 0.3 is 0 Å². The molecule has 0 saturated heterocycles. The maximum absolute atomic E-state index is 12.2. The number of nitrogens with one attached hydrogen (secondary N) is 1. The van der Waals surface area contributed by atoms with Gasteiger partial charge in [-0.05, 0) is 40.9 Å². The van der Waals surface area contributed by atoms with Gasteiger partial charge in [-0.2, -0.15) is 0 Å². The highest BCUT2D eigenvalue weighted by atomic mass is 79.9. The number of hydrogen-bond acceptors (Lipinski definition) is 2. The van der Waals surface area contributed by atoms with Gasteiger partial charge in [-0.3, -0.25) is 14.9 Å². The molecule has 1 N–H and O–H groups in total. The first kappa shape index (κ1) is 11.7. The van der Waals surface area contributed by atoms with Gasteiger partial charge in [0.05, 0.1) is 11.4 Å². The molecule has 0 aliphatic heterocycles. The van der Waals surface area contributed by atoms with Crippen LogP contribution in [-0.2, 0) is 0 Å². The zero-order valence-corrected chi connectivity index (χ0v) is 11.5. The summed E-state index contributed by atoms with van der Waals surface area (Å²) in [4.78, 5) is 16.2. The maximum atomic E-state index is 12.2. The van der Waals surface area contributed by atoms with E-state index in [2.05, 4.69) is 26.0 Å². The van der Waals surface area contributed by atoms with Gasteiger partial charge < -0.3 is 0 Å². The second kappa shape index (κ2) is 4.72. The van der Waals surface area contributed by atoms with E-state index in [9.17, 15) is 4.79 Å². The molecule has 0 unspecified atom stereocenters. The van der Waals surface area contributed by atoms with Crippen molar-refractivity contribution in [1.82, 2.24) is 14.8 Å². The van der Waals surface area contributed by atoms with E-state index in [1.165, 1.54) is 12.8 Å². The number of aromatic amines is 1. The number of hydrogen-bond donors (Lipinski definition) is 1. The number of halogens is 1. The van der Waals surface area contributed by atoms with E-state index in [0.29, 0.717) is 10.4 Å². The lowest BCUT2D eigenvalue weighted by Gasteiger charge is -2.06. The van der Waals surface area contributed by atoms with E-state index in [1.807, 2.05) is 12.1 Å². The van der Waals surface area contributed by atoms with Crippen molar-refractivity contribution in [2.75, 3.05) is 0 Å². The molecule has 0 amide bonds. The fraction of sp³-hybridized carbons (Fsp3) is 0.385. The van der Waals surface area contributed by atoms with Crippen molar-refractivity contribution in [2.24, 2.45) is 0 Å². The molecule has 0 spiro atoms. The van der Waals surface area contributed by atoms with Crippen LogP contribution in [0.2, 0.25) is 0 Å². The van der Waals surface area contributed by atoms with E-state index in [0.717, 1.165) is 24.2 Å². The minimum Gasteiger partial charge on any atom is -0.294 e. The number of pyridine rings is 1. The molecule has 0 bridgehead atoms. The number of rotatable bonds is 2. The lowest BCUT2D eigenvalue weighted by atomic mass is 10.1. The van der Waals surface area contributed by atoms with Crippen LogP contribution in [0.15, 0.2) is 33.8 Å². The Morgan fingerprint density at radius 1 is 1.28 bits per heavy atom. The molecule has 4 nitrogen and oxygen atoms in total. The quantitative estimate of drug-likeness (QED) is 0.927. The molecule has 1 aliphatic rings. The first-order valence-electron chi connectivity index (χ1n) is 6.18. The Bertz CT molecular complexity index is 596. The summed E-state index contributed by atoms with van der Waals surface area (Å²) in [6.45, 7) is 0. The Morgan fingerprint density at radius 2 is 1.94 bits per heavy atom. The van der Waals surface area contributed by atoms with Crippen LogP contribution in [0, 0.1) is 0 Å². The van der Waals surface area contributed by atoms with Gasteiger partial charge in [0.15, 0.2) is 0 Å². The minimum absolute atomic E-state index is 0.0249. The van der Waals surface area contributed by atoms with Crippen LogP contribution in [0.4, 0.5) is 0 Å². The minimum atomic E-state index is -0.0249. The van der Waals surface area contributed by atoms with Crippen LogP contribution in [0.1, 0.15) is 37.3 Å². The number of nitrogens with zero attached hydrogens (tertiary/aromatic N) is 2. The Balaban J connectivity index is 2.07. The first-order valence-corrected chi connectivity index (χ1v) is 6.97. The molecule has 94 valence electrons. The third kappa shape index (κ3) is 1.92. The van der Waals surface area contributed by atoms with Crippen LogP contribution in [0.3, 0.4) is 0 Å². The van der Waals surface area contributed by atoms with Crippen LogP contribution in [0.25, 0.3) is 5.69 Å². The lowest BCUT2D eigenvalue weighted by Crippen LogP contribution is -2.14. The highest BCUT2D eigenvalue weighted by Crippen LogP contribution is 2.35. The zero-order chi connectivity index (χ0) is 12.5. The first-order chi connectivity index (χ1) is 8.77. The average Bonchev–Trinajstić information content (AvgIpc) is 3.01. The second-order valence-corrected chi connectivity index (χ2v) is 5.46. The number of H-pyrrole nitrogens is 1. The Morgan fingerprint density at radius 3 is 2.61 bits per heavy atom. The molecular weight excluding hydrogens is 294 g/mol. The Kier molecular flexibility index (Phi) is 3.07. The SMILES string of the molecule is O=c1c(Br)c(C2CCCC2)[nH]n1-c1ccncc1. The van der Waals surface area contributed by atoms with Crippen molar-refractivity contribution in [3.63, 3.8) is 0 Å². The van der Waals surface area contributed by atoms with Crippen molar-refractivity contribution < 1.29 is 0 Å². The van der Waals surface area contributed by atoms with Crippen LogP contribution in [0.5, 0.6) is 0 Å². The van der Waals surface area contributed by atoms with Crippen molar-refractivity contribution in [3.05, 3.63) is 45.0 Å². The summed E-state index contributed by atoms with van der Waals surface area (Å²) >= 11 is 3.43. The van der Waals surface area contributed by atoms with Gasteiger partial charge in [-0.25, -0.2) is 4.68 Å². The monoisotopic (exact) mass is 307 g/mol. The highest BCUT2D eigenvalue weighted by Gasteiger charge is 2.24. The molecule has 0 aromatic carbocycles. The summed E-state index contributed by atoms with van der Waals surface area (Å²) < 4.78 is 2.26. The van der Waals surface area contributed by atoms with E-state index >= 15 is 0 Å². The zero-order valence-electron chi connectivity index (χ0n) is 9.90. The highest BCUT2D eigenvalue weighted by molar-refractivity contribution is 9.10. The molecule has 5 heteroatoms. The summed E-state index contributed by atoms with van der Waals surface area (Å²) in [5.41, 5.74) is 1.83. The van der Waals surface area contributed by atoms with E-state index in [1.54, 1.807) is 17.1 Å². The normalized spacial score (nSPS) is 16.3. The van der Waals surface area contributed by atoms with E-state index in [4.69, 9.17) is 0 Å². The molecular formula is C13H14BrN3O. The summed E-state index contributed by atoms with van der Waals surface area (Å²) in [6, 6.07) is 3.64. The molecule has 1 aliphatic carbocycles. The van der Waals surface area contributed by atoms with E-state index in [-0.39, 0.29) is 5.56 Å². The summed E-state index contributed by atoms with van der Waals surface area (Å²) in [6.07, 6.45) is 8.19. The fourth-order valence-electron chi connectivity index (χ4n) is 2.59. The summed E-state index contributed by atoms with van der Waals surface area (Å²) in [5, 5.41) is 3.24. The van der Waals surface area contributed by atoms with Crippen LogP contribution < -0.4 is 5.56 Å². The van der Waals surface area contributed by atoms with Gasteiger partial charge in [-0.15, -0.1) is 0 Å². The van der Waals surface area contributed by atoms with Gasteiger partial charge in [0.25, 0.3) is 5.56 Å². The van der Waals surface area contributed by atoms with Crippen molar-refractivity contribution >= 4 is 15.9 Å². The summed E-state index contributed by atoms with van der Waals surface area (Å²) in [7, 11) is 0. The lowest BCUT2D eigenvalue weighted by molar-refractivity contribution is 0.675. The molecule has 0 radical (unpaired) electrons.